The van der Waals surface area contributed by atoms with Gasteiger partial charge in [-0.2, -0.15) is 0 Å². The normalized spacial score (nSPS) is 11.4. The molecule has 0 spiro atoms. The van der Waals surface area contributed by atoms with E-state index in [1.54, 1.807) is 36.7 Å². The largest absolute Gasteiger partial charge is 0.478 e. The van der Waals surface area contributed by atoms with Gasteiger partial charge in [0.2, 0.25) is 0 Å². The molecule has 2 aromatic carbocycles. The van der Waals surface area contributed by atoms with Crippen molar-refractivity contribution in [2.24, 2.45) is 0 Å². The smallest absolute Gasteiger partial charge is 0.328 e. The number of benzene rings is 2. The number of sulfonamides is 1. The fourth-order valence-corrected chi connectivity index (χ4v) is 3.63. The van der Waals surface area contributed by atoms with Gasteiger partial charge >= 0.3 is 5.97 Å². The fraction of sp³-hybridized carbons (Fsp3) is 0.0476. The minimum absolute atomic E-state index is 0.0980. The summed E-state index contributed by atoms with van der Waals surface area (Å²) in [7, 11) is -3.73. The molecule has 0 saturated heterocycles. The molecule has 0 radical (unpaired) electrons. The Morgan fingerprint density at radius 3 is 2.14 bits per heavy atom. The van der Waals surface area contributed by atoms with E-state index in [9.17, 15) is 13.2 Å². The molecule has 7 heteroatoms. The predicted molar refractivity (Wildman–Crippen MR) is 107 cm³/mol. The maximum Gasteiger partial charge on any atom is 0.328 e. The highest BCUT2D eigenvalue weighted by atomic mass is 32.2. The number of nitrogens with zero attached hydrogens (tertiary/aromatic N) is 1. The molecule has 0 unspecified atom stereocenters. The molecule has 0 aliphatic carbocycles. The Bertz CT molecular complexity index is 1080. The van der Waals surface area contributed by atoms with Crippen molar-refractivity contribution >= 4 is 27.8 Å². The average molecular weight is 394 g/mol. The lowest BCUT2D eigenvalue weighted by Crippen LogP contribution is -2.12. The van der Waals surface area contributed by atoms with Crippen molar-refractivity contribution in [3.05, 3.63) is 95.8 Å². The molecule has 0 amide bonds. The van der Waals surface area contributed by atoms with Gasteiger partial charge in [-0.05, 0) is 65.6 Å². The number of carboxylic acid groups (broad SMARTS) is 1. The number of aliphatic carboxylic acids is 1. The van der Waals surface area contributed by atoms with E-state index in [-0.39, 0.29) is 4.90 Å². The van der Waals surface area contributed by atoms with E-state index in [1.807, 2.05) is 24.3 Å². The van der Waals surface area contributed by atoms with E-state index in [1.165, 1.54) is 18.2 Å². The van der Waals surface area contributed by atoms with Gasteiger partial charge in [-0.3, -0.25) is 9.71 Å². The lowest BCUT2D eigenvalue weighted by atomic mass is 10.1. The topological polar surface area (TPSA) is 96.4 Å². The minimum Gasteiger partial charge on any atom is -0.478 e. The Morgan fingerprint density at radius 2 is 1.54 bits per heavy atom. The summed E-state index contributed by atoms with van der Waals surface area (Å²) in [5.41, 5.74) is 3.25. The summed E-state index contributed by atoms with van der Waals surface area (Å²) >= 11 is 0. The molecule has 3 aromatic rings. The molecule has 2 N–H and O–H groups in total. The number of hydrogen-bond acceptors (Lipinski definition) is 4. The minimum atomic E-state index is -3.73. The second-order valence-electron chi connectivity index (χ2n) is 6.08. The van der Waals surface area contributed by atoms with E-state index in [4.69, 9.17) is 5.11 Å². The summed E-state index contributed by atoms with van der Waals surface area (Å²) in [4.78, 5) is 14.6. The molecule has 28 heavy (non-hydrogen) atoms. The van der Waals surface area contributed by atoms with Crippen LogP contribution in [0.5, 0.6) is 0 Å². The van der Waals surface area contributed by atoms with Gasteiger partial charge in [0.05, 0.1) is 4.90 Å². The third-order valence-electron chi connectivity index (χ3n) is 3.97. The van der Waals surface area contributed by atoms with Gasteiger partial charge in [-0.25, -0.2) is 13.2 Å². The lowest BCUT2D eigenvalue weighted by molar-refractivity contribution is -0.131. The zero-order chi connectivity index (χ0) is 20.0. The lowest BCUT2D eigenvalue weighted by Gasteiger charge is -2.09. The molecular formula is C21H18N2O4S. The molecule has 0 bridgehead atoms. The first-order chi connectivity index (χ1) is 13.4. The van der Waals surface area contributed by atoms with Crippen molar-refractivity contribution in [2.45, 2.75) is 11.3 Å². The molecule has 1 aromatic heterocycles. The maximum atomic E-state index is 12.5. The molecule has 0 aliphatic rings. The van der Waals surface area contributed by atoms with Gasteiger partial charge in [-0.1, -0.05) is 24.3 Å². The average Bonchev–Trinajstić information content (AvgIpc) is 2.69. The SMILES string of the molecule is O=C(O)C=Cc1ccc(S(=O)(=O)Nc2ccc(Cc3ccncc3)cc2)cc1. The standard InChI is InChI=1S/C21H18N2O4S/c24-21(25)10-5-16-3-8-20(9-4-16)28(26,27)23-19-6-1-17(2-7-19)15-18-11-13-22-14-12-18/h1-14,23H,15H2,(H,24,25). The van der Waals surface area contributed by atoms with Crippen LogP contribution in [0.2, 0.25) is 0 Å². The highest BCUT2D eigenvalue weighted by Gasteiger charge is 2.13. The molecule has 142 valence electrons. The van der Waals surface area contributed by atoms with Gasteiger partial charge in [0.15, 0.2) is 0 Å². The first-order valence-corrected chi connectivity index (χ1v) is 9.92. The Balaban J connectivity index is 1.69. The Hall–Kier alpha value is -3.45. The van der Waals surface area contributed by atoms with Crippen molar-refractivity contribution in [1.82, 2.24) is 4.98 Å². The maximum absolute atomic E-state index is 12.5. The van der Waals surface area contributed by atoms with Crippen molar-refractivity contribution in [2.75, 3.05) is 4.72 Å². The van der Waals surface area contributed by atoms with Gasteiger partial charge < -0.3 is 5.11 Å². The van der Waals surface area contributed by atoms with E-state index in [0.29, 0.717) is 11.3 Å². The van der Waals surface area contributed by atoms with Crippen LogP contribution in [-0.4, -0.2) is 24.5 Å². The van der Waals surface area contributed by atoms with Crippen LogP contribution in [0.15, 0.2) is 84.0 Å². The van der Waals surface area contributed by atoms with Gasteiger partial charge in [0.25, 0.3) is 10.0 Å². The van der Waals surface area contributed by atoms with Crippen LogP contribution < -0.4 is 4.72 Å². The van der Waals surface area contributed by atoms with Crippen molar-refractivity contribution in [3.63, 3.8) is 0 Å². The van der Waals surface area contributed by atoms with Crippen LogP contribution in [0.25, 0.3) is 6.08 Å². The Labute approximate surface area is 163 Å². The monoisotopic (exact) mass is 394 g/mol. The molecule has 6 nitrogen and oxygen atoms in total. The van der Waals surface area contributed by atoms with Crippen LogP contribution in [-0.2, 0) is 21.2 Å². The summed E-state index contributed by atoms with van der Waals surface area (Å²) in [5, 5.41) is 8.63. The molecule has 0 aliphatic heterocycles. The predicted octanol–water partition coefficient (Wildman–Crippen LogP) is 3.57. The fourth-order valence-electron chi connectivity index (χ4n) is 2.57. The van der Waals surface area contributed by atoms with E-state index < -0.39 is 16.0 Å². The first kappa shape index (κ1) is 19.3. The molecule has 3 rings (SSSR count). The van der Waals surface area contributed by atoms with Gasteiger partial charge in [0.1, 0.15) is 0 Å². The number of aromatic nitrogens is 1. The Morgan fingerprint density at radius 1 is 0.929 bits per heavy atom. The van der Waals surface area contributed by atoms with Crippen molar-refractivity contribution in [3.8, 4) is 0 Å². The Kier molecular flexibility index (Phi) is 5.86. The summed E-state index contributed by atoms with van der Waals surface area (Å²) in [5.74, 6) is -1.06. The first-order valence-electron chi connectivity index (χ1n) is 8.44. The summed E-state index contributed by atoms with van der Waals surface area (Å²) in [6.45, 7) is 0. The van der Waals surface area contributed by atoms with Crippen LogP contribution in [0.3, 0.4) is 0 Å². The van der Waals surface area contributed by atoms with Crippen LogP contribution >= 0.6 is 0 Å². The number of carboxylic acids is 1. The van der Waals surface area contributed by atoms with Gasteiger partial charge in [-0.15, -0.1) is 0 Å². The van der Waals surface area contributed by atoms with Crippen molar-refractivity contribution in [1.29, 1.82) is 0 Å². The third-order valence-corrected chi connectivity index (χ3v) is 5.37. The molecule has 0 saturated carbocycles. The van der Waals surface area contributed by atoms with Crippen LogP contribution in [0.1, 0.15) is 16.7 Å². The molecule has 0 atom stereocenters. The van der Waals surface area contributed by atoms with E-state index in [2.05, 4.69) is 9.71 Å². The number of hydrogen-bond donors (Lipinski definition) is 2. The number of nitrogens with one attached hydrogen (secondary N) is 1. The summed E-state index contributed by atoms with van der Waals surface area (Å²) in [6, 6.07) is 17.0. The second-order valence-corrected chi connectivity index (χ2v) is 7.76. The zero-order valence-corrected chi connectivity index (χ0v) is 15.6. The number of rotatable bonds is 7. The highest BCUT2D eigenvalue weighted by Crippen LogP contribution is 2.19. The van der Waals surface area contributed by atoms with E-state index >= 15 is 0 Å². The van der Waals surface area contributed by atoms with Crippen LogP contribution in [0, 0.1) is 0 Å². The zero-order valence-electron chi connectivity index (χ0n) is 14.8. The van der Waals surface area contributed by atoms with Crippen LogP contribution in [0.4, 0.5) is 5.69 Å². The third kappa shape index (κ3) is 5.28. The second kappa shape index (κ2) is 8.49. The molecule has 1 heterocycles. The van der Waals surface area contributed by atoms with Crippen molar-refractivity contribution < 1.29 is 18.3 Å². The number of anilines is 1. The molecular weight excluding hydrogens is 376 g/mol. The summed E-state index contributed by atoms with van der Waals surface area (Å²) < 4.78 is 27.6. The number of carbonyl (C=O) groups is 1. The number of pyridine rings is 1. The van der Waals surface area contributed by atoms with E-state index in [0.717, 1.165) is 23.6 Å². The summed E-state index contributed by atoms with van der Waals surface area (Å²) in [6.07, 6.45) is 6.60. The highest BCUT2D eigenvalue weighted by molar-refractivity contribution is 7.92. The van der Waals surface area contributed by atoms with Gasteiger partial charge in [0, 0.05) is 24.2 Å². The quantitative estimate of drug-likeness (QED) is 0.597. The molecule has 0 fully saturated rings.